The number of anilines is 2. The zero-order chi connectivity index (χ0) is 23.0. The number of likely N-dealkylation sites (N-methyl/N-ethyl adjacent to an activating group) is 1. The predicted molar refractivity (Wildman–Crippen MR) is 127 cm³/mol. The van der Waals surface area contributed by atoms with Gasteiger partial charge in [0.05, 0.1) is 18.3 Å². The molecule has 0 bridgehead atoms. The molecule has 2 aliphatic rings. The molecule has 0 aromatic carbocycles. The highest BCUT2D eigenvalue weighted by Crippen LogP contribution is 2.45. The van der Waals surface area contributed by atoms with E-state index in [0.717, 1.165) is 49.4 Å². The van der Waals surface area contributed by atoms with Gasteiger partial charge in [0, 0.05) is 49.9 Å². The molecule has 8 heteroatoms. The number of aliphatic hydroxyl groups is 1. The number of pyridine rings is 2. The Kier molecular flexibility index (Phi) is 5.86. The van der Waals surface area contributed by atoms with Crippen molar-refractivity contribution in [3.05, 3.63) is 47.7 Å². The highest BCUT2D eigenvalue weighted by atomic mass is 19.1. The second kappa shape index (κ2) is 8.82. The highest BCUT2D eigenvalue weighted by Gasteiger charge is 2.42. The maximum absolute atomic E-state index is 15.3. The summed E-state index contributed by atoms with van der Waals surface area (Å²) < 4.78 is 15.3. The van der Waals surface area contributed by atoms with E-state index in [1.165, 1.54) is 11.3 Å². The van der Waals surface area contributed by atoms with E-state index in [0.29, 0.717) is 30.8 Å². The third-order valence-electron chi connectivity index (χ3n) is 7.15. The predicted octanol–water partition coefficient (Wildman–Crippen LogP) is 3.89. The topological polar surface area (TPSA) is 78.3 Å². The molecule has 5 rings (SSSR count). The SMILES string of the molecule is Cc1cccnc1C1CCN(c2nc(C3(F)CCC3)nc3cnc(N(C)CCO)cc23)CC1. The van der Waals surface area contributed by atoms with Crippen molar-refractivity contribution >= 4 is 22.5 Å². The van der Waals surface area contributed by atoms with Gasteiger partial charge >= 0.3 is 0 Å². The lowest BCUT2D eigenvalue weighted by atomic mass is 9.81. The van der Waals surface area contributed by atoms with Gasteiger partial charge in [0.2, 0.25) is 0 Å². The van der Waals surface area contributed by atoms with Crippen molar-refractivity contribution in [1.82, 2.24) is 19.9 Å². The van der Waals surface area contributed by atoms with E-state index in [9.17, 15) is 5.11 Å². The minimum absolute atomic E-state index is 0.0450. The number of hydrogen-bond acceptors (Lipinski definition) is 7. The standard InChI is InChI=1S/C25H31FN6O/c1-17-5-3-10-27-22(17)18-6-11-32(12-7-18)23-19-15-21(31(2)13-14-33)28-16-20(19)29-24(30-23)25(26)8-4-9-25/h3,5,10,15-16,18,33H,4,6-9,11-14H2,1-2H3. The summed E-state index contributed by atoms with van der Waals surface area (Å²) in [6, 6.07) is 6.07. The van der Waals surface area contributed by atoms with Gasteiger partial charge in [0.1, 0.15) is 11.6 Å². The van der Waals surface area contributed by atoms with Gasteiger partial charge < -0.3 is 14.9 Å². The van der Waals surface area contributed by atoms with Gasteiger partial charge in [-0.05, 0) is 56.7 Å². The molecule has 0 spiro atoms. The zero-order valence-electron chi connectivity index (χ0n) is 19.3. The van der Waals surface area contributed by atoms with Crippen LogP contribution in [-0.2, 0) is 5.67 Å². The van der Waals surface area contributed by atoms with Crippen LogP contribution in [0, 0.1) is 6.92 Å². The summed E-state index contributed by atoms with van der Waals surface area (Å²) in [6.45, 7) is 4.31. The van der Waals surface area contributed by atoms with Crippen LogP contribution in [0.25, 0.3) is 10.9 Å². The number of fused-ring (bicyclic) bond motifs is 1. The molecule has 1 N–H and O–H groups in total. The first kappa shape index (κ1) is 21.9. The Balaban J connectivity index is 1.50. The maximum Gasteiger partial charge on any atom is 0.170 e. The van der Waals surface area contributed by atoms with Gasteiger partial charge in [-0.1, -0.05) is 6.07 Å². The van der Waals surface area contributed by atoms with Gasteiger partial charge in [-0.2, -0.15) is 0 Å². The molecule has 0 atom stereocenters. The molecule has 1 aliphatic carbocycles. The van der Waals surface area contributed by atoms with Crippen LogP contribution in [0.3, 0.4) is 0 Å². The Bertz CT molecular complexity index is 1140. The van der Waals surface area contributed by atoms with Crippen LogP contribution < -0.4 is 9.80 Å². The molecule has 1 saturated heterocycles. The Hall–Kier alpha value is -2.87. The monoisotopic (exact) mass is 450 g/mol. The normalized spacial score (nSPS) is 18.4. The number of alkyl halides is 1. The highest BCUT2D eigenvalue weighted by molar-refractivity contribution is 5.91. The summed E-state index contributed by atoms with van der Waals surface area (Å²) >= 11 is 0. The third kappa shape index (κ3) is 4.12. The zero-order valence-corrected chi connectivity index (χ0v) is 19.3. The largest absolute Gasteiger partial charge is 0.395 e. The van der Waals surface area contributed by atoms with Crippen molar-refractivity contribution in [3.63, 3.8) is 0 Å². The van der Waals surface area contributed by atoms with E-state index >= 15 is 4.39 Å². The summed E-state index contributed by atoms with van der Waals surface area (Å²) in [4.78, 5) is 22.7. The van der Waals surface area contributed by atoms with E-state index in [1.54, 1.807) is 6.20 Å². The van der Waals surface area contributed by atoms with Gasteiger partial charge in [-0.25, -0.2) is 19.3 Å². The summed E-state index contributed by atoms with van der Waals surface area (Å²) in [6.07, 6.45) is 7.34. The van der Waals surface area contributed by atoms with Crippen LogP contribution in [-0.4, -0.2) is 58.3 Å². The molecular formula is C25H31FN6O. The molecular weight excluding hydrogens is 419 g/mol. The number of halogens is 1. The second-order valence-electron chi connectivity index (χ2n) is 9.36. The molecule has 0 unspecified atom stereocenters. The molecule has 2 fully saturated rings. The first-order valence-electron chi connectivity index (χ1n) is 11.8. The fraction of sp³-hybridized carbons (Fsp3) is 0.520. The fourth-order valence-electron chi connectivity index (χ4n) is 4.92. The smallest absolute Gasteiger partial charge is 0.170 e. The van der Waals surface area contributed by atoms with Crippen molar-refractivity contribution in [3.8, 4) is 0 Å². The molecule has 0 radical (unpaired) electrons. The minimum Gasteiger partial charge on any atom is -0.395 e. The fourth-order valence-corrected chi connectivity index (χ4v) is 4.92. The molecule has 1 aliphatic heterocycles. The van der Waals surface area contributed by atoms with Crippen molar-refractivity contribution in [2.45, 2.75) is 50.6 Å². The number of aliphatic hydroxyl groups excluding tert-OH is 1. The summed E-state index contributed by atoms with van der Waals surface area (Å²) in [5.74, 6) is 2.24. The number of rotatable bonds is 6. The van der Waals surface area contributed by atoms with E-state index in [-0.39, 0.29) is 12.4 Å². The van der Waals surface area contributed by atoms with Gasteiger partial charge in [-0.15, -0.1) is 0 Å². The number of nitrogens with zero attached hydrogens (tertiary/aromatic N) is 6. The van der Waals surface area contributed by atoms with E-state index in [1.807, 2.05) is 30.3 Å². The van der Waals surface area contributed by atoms with E-state index < -0.39 is 5.67 Å². The number of aryl methyl sites for hydroxylation is 1. The Morgan fingerprint density at radius 1 is 1.21 bits per heavy atom. The average Bonchev–Trinajstić information content (AvgIpc) is 2.82. The van der Waals surface area contributed by atoms with Crippen LogP contribution >= 0.6 is 0 Å². The lowest BCUT2D eigenvalue weighted by molar-refractivity contribution is 0.0512. The van der Waals surface area contributed by atoms with Crippen LogP contribution in [0.15, 0.2) is 30.6 Å². The molecule has 3 aromatic rings. The maximum atomic E-state index is 15.3. The molecule has 0 amide bonds. The third-order valence-corrected chi connectivity index (χ3v) is 7.15. The van der Waals surface area contributed by atoms with Crippen LogP contribution in [0.5, 0.6) is 0 Å². The first-order valence-corrected chi connectivity index (χ1v) is 11.8. The van der Waals surface area contributed by atoms with Gasteiger partial charge in [0.25, 0.3) is 0 Å². The van der Waals surface area contributed by atoms with E-state index in [2.05, 4.69) is 32.8 Å². The lowest BCUT2D eigenvalue weighted by Crippen LogP contribution is -2.36. The minimum atomic E-state index is -1.43. The number of piperidine rings is 1. The van der Waals surface area contributed by atoms with Gasteiger partial charge in [0.15, 0.2) is 11.5 Å². The van der Waals surface area contributed by atoms with Crippen molar-refractivity contribution in [2.24, 2.45) is 0 Å². The molecule has 3 aromatic heterocycles. The summed E-state index contributed by atoms with van der Waals surface area (Å²) in [7, 11) is 1.89. The van der Waals surface area contributed by atoms with Crippen molar-refractivity contribution < 1.29 is 9.50 Å². The lowest BCUT2D eigenvalue weighted by Gasteiger charge is -2.36. The second-order valence-corrected chi connectivity index (χ2v) is 9.36. The molecule has 1 saturated carbocycles. The van der Waals surface area contributed by atoms with Crippen LogP contribution in [0.4, 0.5) is 16.0 Å². The van der Waals surface area contributed by atoms with Crippen molar-refractivity contribution in [1.29, 1.82) is 0 Å². The molecule has 7 nitrogen and oxygen atoms in total. The average molecular weight is 451 g/mol. The number of aromatic nitrogens is 4. The molecule has 4 heterocycles. The Labute approximate surface area is 193 Å². The Morgan fingerprint density at radius 3 is 2.67 bits per heavy atom. The van der Waals surface area contributed by atoms with E-state index in [4.69, 9.17) is 4.98 Å². The first-order chi connectivity index (χ1) is 16.0. The Morgan fingerprint density at radius 2 is 2.00 bits per heavy atom. The number of hydrogen-bond donors (Lipinski definition) is 1. The molecule has 33 heavy (non-hydrogen) atoms. The summed E-state index contributed by atoms with van der Waals surface area (Å²) in [5, 5.41) is 10.2. The summed E-state index contributed by atoms with van der Waals surface area (Å²) in [5.41, 5.74) is 1.65. The van der Waals surface area contributed by atoms with Crippen LogP contribution in [0.1, 0.15) is 55.1 Å². The molecule has 174 valence electrons. The van der Waals surface area contributed by atoms with Crippen LogP contribution in [0.2, 0.25) is 0 Å². The van der Waals surface area contributed by atoms with Gasteiger partial charge in [-0.3, -0.25) is 4.98 Å². The van der Waals surface area contributed by atoms with Crippen molar-refractivity contribution in [2.75, 3.05) is 43.1 Å². The quantitative estimate of drug-likeness (QED) is 0.610.